The van der Waals surface area contributed by atoms with Crippen LogP contribution in [0.5, 0.6) is 5.88 Å². The van der Waals surface area contributed by atoms with Crippen molar-refractivity contribution in [3.63, 3.8) is 0 Å². The third-order valence-electron chi connectivity index (χ3n) is 5.79. The van der Waals surface area contributed by atoms with Crippen molar-refractivity contribution in [3.05, 3.63) is 42.4 Å². The lowest BCUT2D eigenvalue weighted by atomic mass is 10.1. The number of ether oxygens (including phenoxy) is 1. The Hall–Kier alpha value is -4.13. The van der Waals surface area contributed by atoms with Gasteiger partial charge in [0.1, 0.15) is 6.42 Å². The smallest absolute Gasteiger partial charge is 0.252 e. The highest BCUT2D eigenvalue weighted by Crippen LogP contribution is 2.31. The average molecular weight is 447 g/mol. The van der Waals surface area contributed by atoms with Gasteiger partial charge in [-0.3, -0.25) is 9.59 Å². The second kappa shape index (κ2) is 9.16. The molecule has 0 radical (unpaired) electrons. The summed E-state index contributed by atoms with van der Waals surface area (Å²) in [5, 5.41) is 16.6. The number of nitrogens with zero attached hydrogens (tertiary/aromatic N) is 5. The number of likely N-dealkylation sites (tertiary alicyclic amines) is 1. The fraction of sp³-hybridized carbons (Fsp3) is 0.348. The van der Waals surface area contributed by atoms with Gasteiger partial charge in [-0.15, -0.1) is 0 Å². The summed E-state index contributed by atoms with van der Waals surface area (Å²) in [6.07, 6.45) is 4.86. The molecule has 2 atom stereocenters. The van der Waals surface area contributed by atoms with Gasteiger partial charge >= 0.3 is 0 Å². The topological polar surface area (TPSA) is 139 Å². The first-order chi connectivity index (χ1) is 15.9. The van der Waals surface area contributed by atoms with Gasteiger partial charge in [0.15, 0.2) is 0 Å². The van der Waals surface area contributed by atoms with Crippen LogP contribution in [0.25, 0.3) is 16.6 Å². The molecule has 33 heavy (non-hydrogen) atoms. The van der Waals surface area contributed by atoms with E-state index in [-0.39, 0.29) is 29.9 Å². The molecule has 0 aromatic carbocycles. The molecular formula is C23H25N7O3. The number of anilines is 1. The summed E-state index contributed by atoms with van der Waals surface area (Å²) in [7, 11) is 0. The van der Waals surface area contributed by atoms with E-state index in [1.54, 1.807) is 21.7 Å². The molecule has 1 saturated heterocycles. The van der Waals surface area contributed by atoms with Crippen LogP contribution in [0.1, 0.15) is 30.6 Å². The fourth-order valence-corrected chi connectivity index (χ4v) is 4.06. The van der Waals surface area contributed by atoms with Gasteiger partial charge in [0.25, 0.3) is 5.91 Å². The van der Waals surface area contributed by atoms with Crippen LogP contribution in [-0.4, -0.2) is 57.1 Å². The quantitative estimate of drug-likeness (QED) is 0.565. The average Bonchev–Trinajstić information content (AvgIpc) is 3.39. The van der Waals surface area contributed by atoms with Crippen LogP contribution in [-0.2, 0) is 4.79 Å². The Kier molecular flexibility index (Phi) is 6.13. The molecule has 10 heteroatoms. The Balaban J connectivity index is 1.68. The molecule has 2 amide bonds. The van der Waals surface area contributed by atoms with Gasteiger partial charge in [0.2, 0.25) is 11.8 Å². The normalized spacial score (nSPS) is 17.7. The van der Waals surface area contributed by atoms with Gasteiger partial charge in [0.05, 0.1) is 35.6 Å². The zero-order chi connectivity index (χ0) is 23.5. The lowest BCUT2D eigenvalue weighted by Crippen LogP contribution is -2.32. The minimum Gasteiger partial charge on any atom is -0.478 e. The van der Waals surface area contributed by atoms with Gasteiger partial charge in [-0.1, -0.05) is 6.92 Å². The Labute approximate surface area is 191 Å². The number of aromatic nitrogens is 3. The van der Waals surface area contributed by atoms with E-state index in [2.05, 4.69) is 15.4 Å². The largest absolute Gasteiger partial charge is 0.478 e. The number of rotatable bonds is 7. The molecule has 0 saturated carbocycles. The number of hydrogen-bond donors (Lipinski definition) is 2. The molecule has 4 rings (SSSR count). The first-order valence-corrected chi connectivity index (χ1v) is 10.7. The van der Waals surface area contributed by atoms with Crippen molar-refractivity contribution in [2.75, 3.05) is 25.0 Å². The minimum absolute atomic E-state index is 0.109. The molecular weight excluding hydrogens is 422 g/mol. The molecule has 3 N–H and O–H groups in total. The van der Waals surface area contributed by atoms with E-state index in [1.807, 2.05) is 38.2 Å². The summed E-state index contributed by atoms with van der Waals surface area (Å²) in [4.78, 5) is 30.3. The molecule has 0 aliphatic carbocycles. The van der Waals surface area contributed by atoms with Crippen molar-refractivity contribution in [1.29, 1.82) is 5.26 Å². The number of amides is 2. The highest BCUT2D eigenvalue weighted by Gasteiger charge is 2.33. The fourth-order valence-electron chi connectivity index (χ4n) is 4.06. The van der Waals surface area contributed by atoms with Crippen molar-refractivity contribution in [3.8, 4) is 23.1 Å². The van der Waals surface area contributed by atoms with Crippen LogP contribution in [0.2, 0.25) is 0 Å². The van der Waals surface area contributed by atoms with Crippen molar-refractivity contribution >= 4 is 23.0 Å². The number of nitrogens with two attached hydrogens (primary N) is 1. The second-order valence-corrected chi connectivity index (χ2v) is 8.04. The molecule has 170 valence electrons. The summed E-state index contributed by atoms with van der Waals surface area (Å²) >= 11 is 0. The van der Waals surface area contributed by atoms with E-state index in [0.29, 0.717) is 36.8 Å². The van der Waals surface area contributed by atoms with E-state index < -0.39 is 5.91 Å². The molecule has 0 unspecified atom stereocenters. The number of primary amides is 1. The van der Waals surface area contributed by atoms with E-state index in [9.17, 15) is 9.59 Å². The predicted octanol–water partition coefficient (Wildman–Crippen LogP) is 2.07. The van der Waals surface area contributed by atoms with E-state index >= 15 is 0 Å². The Morgan fingerprint density at radius 3 is 2.79 bits per heavy atom. The highest BCUT2D eigenvalue weighted by atomic mass is 16.5. The molecule has 0 bridgehead atoms. The number of hydrogen-bond acceptors (Lipinski definition) is 7. The van der Waals surface area contributed by atoms with Crippen LogP contribution in [0, 0.1) is 17.2 Å². The van der Waals surface area contributed by atoms with E-state index in [1.165, 1.54) is 6.20 Å². The number of pyridine rings is 1. The van der Waals surface area contributed by atoms with Crippen molar-refractivity contribution in [2.24, 2.45) is 11.7 Å². The summed E-state index contributed by atoms with van der Waals surface area (Å²) in [6, 6.07) is 7.42. The van der Waals surface area contributed by atoms with Gasteiger partial charge < -0.3 is 20.7 Å². The number of fused-ring (bicyclic) bond motifs is 1. The Morgan fingerprint density at radius 2 is 2.12 bits per heavy atom. The molecule has 1 fully saturated rings. The van der Waals surface area contributed by atoms with Crippen LogP contribution >= 0.6 is 0 Å². The van der Waals surface area contributed by atoms with Gasteiger partial charge in [0, 0.05) is 48.7 Å². The van der Waals surface area contributed by atoms with E-state index in [4.69, 9.17) is 15.7 Å². The first kappa shape index (κ1) is 22.1. The Morgan fingerprint density at radius 1 is 1.30 bits per heavy atom. The lowest BCUT2D eigenvalue weighted by molar-refractivity contribution is -0.129. The third-order valence-corrected chi connectivity index (χ3v) is 5.79. The predicted molar refractivity (Wildman–Crippen MR) is 121 cm³/mol. The van der Waals surface area contributed by atoms with Crippen molar-refractivity contribution in [1.82, 2.24) is 19.5 Å². The highest BCUT2D eigenvalue weighted by molar-refractivity contribution is 6.02. The summed E-state index contributed by atoms with van der Waals surface area (Å²) in [6.45, 7) is 5.43. The molecule has 4 heterocycles. The molecule has 10 nitrogen and oxygen atoms in total. The SMILES string of the molecule is CCOc1ccc(-c2cc3c(N[C@@H]4CN(C(=O)CC#N)C[C@@H]4C)c(C(N)=O)cnn3c2)cn1. The second-order valence-electron chi connectivity index (χ2n) is 8.04. The van der Waals surface area contributed by atoms with Gasteiger partial charge in [-0.25, -0.2) is 9.50 Å². The first-order valence-electron chi connectivity index (χ1n) is 10.7. The number of nitriles is 1. The zero-order valence-corrected chi connectivity index (χ0v) is 18.5. The number of nitrogens with one attached hydrogen (secondary N) is 1. The van der Waals surface area contributed by atoms with Gasteiger partial charge in [-0.2, -0.15) is 10.4 Å². The Bertz CT molecular complexity index is 1230. The molecule has 3 aromatic rings. The lowest BCUT2D eigenvalue weighted by Gasteiger charge is -2.20. The standard InChI is InChI=1S/C23H25N7O3/c1-3-33-20-5-4-15(9-26-20)16-8-19-22(17(23(25)32)10-27-30(19)12-16)28-18-13-29(11-14(18)2)21(31)6-7-24/h4-5,8-10,12,14,18,28H,3,6,11,13H2,1-2H3,(H2,25,32)/t14-,18+/m0/s1. The summed E-state index contributed by atoms with van der Waals surface area (Å²) in [5.74, 6) is -0.128. The maximum atomic E-state index is 12.2. The van der Waals surface area contributed by atoms with Crippen molar-refractivity contribution < 1.29 is 14.3 Å². The maximum absolute atomic E-state index is 12.2. The molecule has 0 spiro atoms. The van der Waals surface area contributed by atoms with Crippen LogP contribution in [0.15, 0.2) is 36.8 Å². The third kappa shape index (κ3) is 4.43. The minimum atomic E-state index is -0.596. The summed E-state index contributed by atoms with van der Waals surface area (Å²) in [5.41, 5.74) is 8.90. The molecule has 1 aliphatic rings. The number of carbonyl (C=O) groups is 2. The maximum Gasteiger partial charge on any atom is 0.252 e. The van der Waals surface area contributed by atoms with Crippen LogP contribution in [0.3, 0.4) is 0 Å². The van der Waals surface area contributed by atoms with Crippen LogP contribution < -0.4 is 15.8 Å². The number of carbonyl (C=O) groups excluding carboxylic acids is 2. The van der Waals surface area contributed by atoms with Gasteiger partial charge in [-0.05, 0) is 25.0 Å². The zero-order valence-electron chi connectivity index (χ0n) is 18.5. The molecule has 1 aliphatic heterocycles. The van der Waals surface area contributed by atoms with E-state index in [0.717, 1.165) is 11.1 Å². The molecule has 3 aromatic heterocycles. The summed E-state index contributed by atoms with van der Waals surface area (Å²) < 4.78 is 7.09. The monoisotopic (exact) mass is 447 g/mol. The van der Waals surface area contributed by atoms with Crippen molar-refractivity contribution in [2.45, 2.75) is 26.3 Å². The van der Waals surface area contributed by atoms with Crippen LogP contribution in [0.4, 0.5) is 5.69 Å².